The van der Waals surface area contributed by atoms with Crippen molar-refractivity contribution >= 4 is 35.8 Å². The number of amides is 1. The molecule has 2 rings (SSSR count). The van der Waals surface area contributed by atoms with Crippen LogP contribution in [0, 0.1) is 11.6 Å². The number of rotatable bonds is 9. The van der Waals surface area contributed by atoms with E-state index in [1.165, 1.54) is 24.3 Å². The van der Waals surface area contributed by atoms with Crippen molar-refractivity contribution in [1.82, 2.24) is 16.0 Å². The molecular formula is C21H27F2IN4O. The lowest BCUT2D eigenvalue weighted by molar-refractivity contribution is -0.120. The van der Waals surface area contributed by atoms with E-state index >= 15 is 0 Å². The van der Waals surface area contributed by atoms with E-state index in [4.69, 9.17) is 0 Å². The van der Waals surface area contributed by atoms with Gasteiger partial charge in [-0.25, -0.2) is 8.78 Å². The van der Waals surface area contributed by atoms with Crippen LogP contribution in [0.15, 0.2) is 53.5 Å². The fraction of sp³-hybridized carbons (Fsp3) is 0.333. The number of nitrogens with zero attached hydrogens (tertiary/aromatic N) is 1. The number of aliphatic imine (C=N–C) groups is 1. The molecule has 0 heterocycles. The molecule has 2 aromatic rings. The molecule has 0 unspecified atom stereocenters. The van der Waals surface area contributed by atoms with E-state index in [1.54, 1.807) is 18.2 Å². The Bertz CT molecular complexity index is 802. The first-order valence-electron chi connectivity index (χ1n) is 9.34. The number of carbonyl (C=O) groups is 1. The Morgan fingerprint density at radius 1 is 0.931 bits per heavy atom. The molecule has 5 nitrogen and oxygen atoms in total. The van der Waals surface area contributed by atoms with Crippen LogP contribution in [0.25, 0.3) is 0 Å². The average molecular weight is 516 g/mol. The summed E-state index contributed by atoms with van der Waals surface area (Å²) in [5.74, 6) is -0.129. The van der Waals surface area contributed by atoms with Crippen LogP contribution in [-0.2, 0) is 17.6 Å². The smallest absolute Gasteiger partial charge is 0.224 e. The average Bonchev–Trinajstić information content (AvgIpc) is 2.65. The lowest BCUT2D eigenvalue weighted by atomic mass is 10.1. The summed E-state index contributed by atoms with van der Waals surface area (Å²) in [5, 5.41) is 9.05. The van der Waals surface area contributed by atoms with Crippen molar-refractivity contribution in [1.29, 1.82) is 0 Å². The highest BCUT2D eigenvalue weighted by Gasteiger charge is 2.04. The second kappa shape index (κ2) is 13.9. The molecule has 0 spiro atoms. The molecule has 0 saturated heterocycles. The number of halogens is 3. The van der Waals surface area contributed by atoms with Gasteiger partial charge in [0.05, 0.1) is 6.42 Å². The Morgan fingerprint density at radius 3 is 2.21 bits per heavy atom. The topological polar surface area (TPSA) is 65.5 Å². The molecule has 3 N–H and O–H groups in total. The first kappa shape index (κ1) is 24.8. The predicted octanol–water partition coefficient (Wildman–Crippen LogP) is 3.04. The van der Waals surface area contributed by atoms with Crippen LogP contribution in [0.5, 0.6) is 0 Å². The van der Waals surface area contributed by atoms with Gasteiger partial charge in [0.15, 0.2) is 5.96 Å². The molecule has 0 aliphatic heterocycles. The van der Waals surface area contributed by atoms with Crippen LogP contribution in [0.3, 0.4) is 0 Å². The van der Waals surface area contributed by atoms with Crippen molar-refractivity contribution in [2.24, 2.45) is 4.99 Å². The zero-order valence-electron chi connectivity index (χ0n) is 16.4. The molecule has 0 saturated carbocycles. The monoisotopic (exact) mass is 516 g/mol. The molecule has 0 aliphatic rings. The zero-order chi connectivity index (χ0) is 20.2. The maximum atomic E-state index is 13.2. The maximum absolute atomic E-state index is 13.2. The number of benzene rings is 2. The summed E-state index contributed by atoms with van der Waals surface area (Å²) in [6.45, 7) is 4.11. The van der Waals surface area contributed by atoms with E-state index in [0.717, 1.165) is 5.56 Å². The fourth-order valence-corrected chi connectivity index (χ4v) is 2.61. The fourth-order valence-electron chi connectivity index (χ4n) is 2.61. The van der Waals surface area contributed by atoms with Crippen molar-refractivity contribution in [2.75, 3.05) is 26.2 Å². The van der Waals surface area contributed by atoms with Crippen LogP contribution >= 0.6 is 24.0 Å². The van der Waals surface area contributed by atoms with Crippen molar-refractivity contribution in [2.45, 2.75) is 19.8 Å². The van der Waals surface area contributed by atoms with Crippen molar-refractivity contribution in [3.63, 3.8) is 0 Å². The normalized spacial score (nSPS) is 10.8. The van der Waals surface area contributed by atoms with Crippen LogP contribution in [-0.4, -0.2) is 38.0 Å². The van der Waals surface area contributed by atoms with Crippen LogP contribution in [0.1, 0.15) is 18.1 Å². The van der Waals surface area contributed by atoms with Gasteiger partial charge < -0.3 is 16.0 Å². The Balaban J connectivity index is 0.00000420. The summed E-state index contributed by atoms with van der Waals surface area (Å²) in [6, 6.07) is 12.5. The lowest BCUT2D eigenvalue weighted by Gasteiger charge is -2.12. The minimum Gasteiger partial charge on any atom is -0.357 e. The number of nitrogens with one attached hydrogen (secondary N) is 3. The largest absolute Gasteiger partial charge is 0.357 e. The molecule has 158 valence electrons. The van der Waals surface area contributed by atoms with Gasteiger partial charge in [0.25, 0.3) is 0 Å². The van der Waals surface area contributed by atoms with Gasteiger partial charge >= 0.3 is 0 Å². The van der Waals surface area contributed by atoms with E-state index in [-0.39, 0.29) is 47.9 Å². The van der Waals surface area contributed by atoms with Gasteiger partial charge in [-0.15, -0.1) is 24.0 Å². The second-order valence-corrected chi connectivity index (χ2v) is 6.22. The van der Waals surface area contributed by atoms with Gasteiger partial charge in [0.1, 0.15) is 11.6 Å². The minimum atomic E-state index is -0.350. The number of hydrogen-bond donors (Lipinski definition) is 3. The first-order chi connectivity index (χ1) is 13.6. The molecule has 2 aromatic carbocycles. The van der Waals surface area contributed by atoms with Crippen molar-refractivity contribution in [3.8, 4) is 0 Å². The number of guanidine groups is 1. The van der Waals surface area contributed by atoms with Gasteiger partial charge in [-0.3, -0.25) is 9.79 Å². The quantitative estimate of drug-likeness (QED) is 0.208. The summed E-state index contributed by atoms with van der Waals surface area (Å²) < 4.78 is 26.3. The number of carbonyl (C=O) groups excluding carboxylic acids is 1. The summed E-state index contributed by atoms with van der Waals surface area (Å²) >= 11 is 0. The van der Waals surface area contributed by atoms with Crippen LogP contribution in [0.4, 0.5) is 8.78 Å². The Hall–Kier alpha value is -2.23. The van der Waals surface area contributed by atoms with E-state index in [0.29, 0.717) is 44.1 Å². The third kappa shape index (κ3) is 10.2. The second-order valence-electron chi connectivity index (χ2n) is 6.22. The predicted molar refractivity (Wildman–Crippen MR) is 123 cm³/mol. The third-order valence-electron chi connectivity index (χ3n) is 3.90. The van der Waals surface area contributed by atoms with Gasteiger partial charge in [-0.2, -0.15) is 0 Å². The summed E-state index contributed by atoms with van der Waals surface area (Å²) in [6.07, 6.45) is 0.776. The lowest BCUT2D eigenvalue weighted by Crippen LogP contribution is -2.41. The van der Waals surface area contributed by atoms with Gasteiger partial charge in [0.2, 0.25) is 5.91 Å². The highest BCUT2D eigenvalue weighted by atomic mass is 127. The van der Waals surface area contributed by atoms with E-state index in [2.05, 4.69) is 20.9 Å². The molecule has 0 radical (unpaired) electrons. The summed E-state index contributed by atoms with van der Waals surface area (Å²) in [7, 11) is 0. The molecular weight excluding hydrogens is 489 g/mol. The standard InChI is InChI=1S/C21H26F2N4O.HI/c1-2-24-21(26-10-9-16-5-3-7-18(22)13-16)27-12-11-25-20(28)15-17-6-4-8-19(23)14-17;/h3-8,13-14H,2,9-12,15H2,1H3,(H,25,28)(H2,24,26,27);1H. The first-order valence-corrected chi connectivity index (χ1v) is 9.34. The molecule has 0 fully saturated rings. The SMILES string of the molecule is CCNC(=NCCc1cccc(F)c1)NCCNC(=O)Cc1cccc(F)c1.I. The van der Waals surface area contributed by atoms with Crippen LogP contribution in [0.2, 0.25) is 0 Å². The van der Waals surface area contributed by atoms with E-state index in [9.17, 15) is 13.6 Å². The molecule has 1 amide bonds. The summed E-state index contributed by atoms with van der Waals surface area (Å²) in [4.78, 5) is 16.4. The highest BCUT2D eigenvalue weighted by molar-refractivity contribution is 14.0. The Kier molecular flexibility index (Phi) is 11.9. The summed E-state index contributed by atoms with van der Waals surface area (Å²) in [5.41, 5.74) is 1.53. The number of hydrogen-bond acceptors (Lipinski definition) is 2. The van der Waals surface area contributed by atoms with Crippen molar-refractivity contribution < 1.29 is 13.6 Å². The van der Waals surface area contributed by atoms with E-state index < -0.39 is 0 Å². The zero-order valence-corrected chi connectivity index (χ0v) is 18.7. The highest BCUT2D eigenvalue weighted by Crippen LogP contribution is 2.05. The Morgan fingerprint density at radius 2 is 1.55 bits per heavy atom. The van der Waals surface area contributed by atoms with Gasteiger partial charge in [-0.1, -0.05) is 24.3 Å². The van der Waals surface area contributed by atoms with Crippen molar-refractivity contribution in [3.05, 3.63) is 71.3 Å². The van der Waals surface area contributed by atoms with Crippen LogP contribution < -0.4 is 16.0 Å². The molecule has 8 heteroatoms. The van der Waals surface area contributed by atoms with Gasteiger partial charge in [0, 0.05) is 26.2 Å². The van der Waals surface area contributed by atoms with E-state index in [1.807, 2.05) is 13.0 Å². The maximum Gasteiger partial charge on any atom is 0.224 e. The Labute approximate surface area is 187 Å². The molecule has 29 heavy (non-hydrogen) atoms. The molecule has 0 atom stereocenters. The van der Waals surface area contributed by atoms with Gasteiger partial charge in [-0.05, 0) is 48.7 Å². The minimum absolute atomic E-state index is 0. The third-order valence-corrected chi connectivity index (χ3v) is 3.90. The molecule has 0 aliphatic carbocycles. The molecule has 0 bridgehead atoms. The molecule has 0 aromatic heterocycles.